The molecular weight excluding hydrogens is 312 g/mol. The van der Waals surface area contributed by atoms with Crippen molar-refractivity contribution >= 4 is 25.7 Å². The van der Waals surface area contributed by atoms with Gasteiger partial charge in [-0.15, -0.1) is 0 Å². The lowest BCUT2D eigenvalue weighted by Crippen LogP contribution is -2.21. The van der Waals surface area contributed by atoms with Crippen LogP contribution in [-0.4, -0.2) is 22.6 Å². The lowest BCUT2D eigenvalue weighted by molar-refractivity contribution is 0.397. The van der Waals surface area contributed by atoms with Crippen LogP contribution in [0.15, 0.2) is 23.1 Å². The standard InChI is InChI=1S/C13H22N2O4S2/c1-10-9-11(5-6-12(10)21(14,18)19)15-20(16,17)8-7-13(2,3)4/h5-6,9,15H,7-8H2,1-4H3,(H2,14,18,19). The van der Waals surface area contributed by atoms with E-state index in [0.29, 0.717) is 17.7 Å². The number of rotatable bonds is 5. The first-order chi connectivity index (χ1) is 9.30. The van der Waals surface area contributed by atoms with Crippen LogP contribution < -0.4 is 9.86 Å². The molecule has 0 aliphatic carbocycles. The smallest absolute Gasteiger partial charge is 0.238 e. The average Bonchev–Trinajstić information content (AvgIpc) is 2.23. The van der Waals surface area contributed by atoms with Gasteiger partial charge in [0.25, 0.3) is 0 Å². The summed E-state index contributed by atoms with van der Waals surface area (Å²) in [4.78, 5) is -0.0138. The van der Waals surface area contributed by atoms with Crippen molar-refractivity contribution in [2.24, 2.45) is 10.6 Å². The zero-order chi connectivity index (χ0) is 16.5. The van der Waals surface area contributed by atoms with Crippen LogP contribution in [0, 0.1) is 12.3 Å². The van der Waals surface area contributed by atoms with Gasteiger partial charge in [-0.1, -0.05) is 20.8 Å². The van der Waals surface area contributed by atoms with Crippen LogP contribution in [0.3, 0.4) is 0 Å². The first-order valence-corrected chi connectivity index (χ1v) is 9.64. The SMILES string of the molecule is Cc1cc(NS(=O)(=O)CCC(C)(C)C)ccc1S(N)(=O)=O. The number of aryl methyl sites for hydroxylation is 1. The Morgan fingerprint density at radius 2 is 1.71 bits per heavy atom. The zero-order valence-corrected chi connectivity index (χ0v) is 14.3. The average molecular weight is 334 g/mol. The van der Waals surface area contributed by atoms with Crippen molar-refractivity contribution in [1.29, 1.82) is 0 Å². The van der Waals surface area contributed by atoms with Gasteiger partial charge in [0.1, 0.15) is 0 Å². The summed E-state index contributed by atoms with van der Waals surface area (Å²) in [7, 11) is -7.26. The van der Waals surface area contributed by atoms with Crippen molar-refractivity contribution in [1.82, 2.24) is 0 Å². The van der Waals surface area contributed by atoms with Gasteiger partial charge in [0.05, 0.1) is 10.6 Å². The topological polar surface area (TPSA) is 106 Å². The first kappa shape index (κ1) is 17.9. The summed E-state index contributed by atoms with van der Waals surface area (Å²) in [5.74, 6) is 0.00644. The third-order valence-electron chi connectivity index (χ3n) is 2.88. The van der Waals surface area contributed by atoms with E-state index in [-0.39, 0.29) is 16.1 Å². The van der Waals surface area contributed by atoms with E-state index >= 15 is 0 Å². The molecule has 8 heteroatoms. The number of anilines is 1. The Balaban J connectivity index is 2.92. The van der Waals surface area contributed by atoms with E-state index in [4.69, 9.17) is 5.14 Å². The minimum Gasteiger partial charge on any atom is -0.284 e. The van der Waals surface area contributed by atoms with Crippen LogP contribution in [0.25, 0.3) is 0 Å². The summed E-state index contributed by atoms with van der Waals surface area (Å²) in [5.41, 5.74) is 0.643. The Bertz CT molecular complexity index is 717. The number of benzene rings is 1. The molecule has 0 radical (unpaired) electrons. The molecule has 0 aliphatic heterocycles. The van der Waals surface area contributed by atoms with Gasteiger partial charge in [0, 0.05) is 5.69 Å². The van der Waals surface area contributed by atoms with Gasteiger partial charge in [-0.3, -0.25) is 4.72 Å². The summed E-state index contributed by atoms with van der Waals surface area (Å²) in [6.45, 7) is 7.46. The quantitative estimate of drug-likeness (QED) is 0.856. The lowest BCUT2D eigenvalue weighted by Gasteiger charge is -2.18. The summed E-state index contributed by atoms with van der Waals surface area (Å²) >= 11 is 0. The summed E-state index contributed by atoms with van der Waals surface area (Å²) in [6, 6.07) is 4.14. The van der Waals surface area contributed by atoms with Gasteiger partial charge >= 0.3 is 0 Å². The predicted octanol–water partition coefficient (Wildman–Crippen LogP) is 1.82. The van der Waals surface area contributed by atoms with Gasteiger partial charge in [-0.05, 0) is 42.5 Å². The van der Waals surface area contributed by atoms with Crippen LogP contribution in [0.1, 0.15) is 32.8 Å². The summed E-state index contributed by atoms with van der Waals surface area (Å²) < 4.78 is 49.0. The van der Waals surface area contributed by atoms with Crippen LogP contribution >= 0.6 is 0 Å². The molecule has 0 heterocycles. The Labute approximate surface area is 126 Å². The number of sulfonamides is 2. The number of hydrogen-bond donors (Lipinski definition) is 2. The first-order valence-electron chi connectivity index (χ1n) is 6.44. The van der Waals surface area contributed by atoms with Crippen molar-refractivity contribution in [2.75, 3.05) is 10.5 Å². The summed E-state index contributed by atoms with van der Waals surface area (Å²) in [6.07, 6.45) is 0.524. The molecule has 0 aromatic heterocycles. The second-order valence-corrected chi connectivity index (χ2v) is 9.63. The molecule has 0 atom stereocenters. The molecule has 1 rings (SSSR count). The maximum Gasteiger partial charge on any atom is 0.238 e. The molecule has 0 fully saturated rings. The Morgan fingerprint density at radius 1 is 1.14 bits per heavy atom. The van der Waals surface area contributed by atoms with Gasteiger partial charge in [-0.25, -0.2) is 22.0 Å². The molecule has 0 amide bonds. The molecule has 0 spiro atoms. The normalized spacial score (nSPS) is 13.2. The minimum absolute atomic E-state index is 0.00644. The fourth-order valence-corrected chi connectivity index (χ4v) is 3.94. The molecule has 3 N–H and O–H groups in total. The van der Waals surface area contributed by atoms with Crippen molar-refractivity contribution in [3.05, 3.63) is 23.8 Å². The van der Waals surface area contributed by atoms with Crippen molar-refractivity contribution in [3.63, 3.8) is 0 Å². The van der Waals surface area contributed by atoms with Crippen LogP contribution in [0.4, 0.5) is 5.69 Å². The van der Waals surface area contributed by atoms with E-state index in [1.807, 2.05) is 20.8 Å². The molecule has 6 nitrogen and oxygen atoms in total. The second-order valence-electron chi connectivity index (χ2n) is 6.26. The third-order valence-corrected chi connectivity index (χ3v) is 5.23. The predicted molar refractivity (Wildman–Crippen MR) is 84.0 cm³/mol. The Morgan fingerprint density at radius 3 is 2.14 bits per heavy atom. The second kappa shape index (κ2) is 5.94. The van der Waals surface area contributed by atoms with Crippen LogP contribution in [-0.2, 0) is 20.0 Å². The molecule has 1 aromatic rings. The molecular formula is C13H22N2O4S2. The third kappa shape index (κ3) is 6.03. The Kier molecular flexibility index (Phi) is 5.07. The molecule has 0 bridgehead atoms. The van der Waals surface area contributed by atoms with Gasteiger partial charge in [0.2, 0.25) is 20.0 Å². The van der Waals surface area contributed by atoms with E-state index in [2.05, 4.69) is 4.72 Å². The van der Waals surface area contributed by atoms with E-state index in [9.17, 15) is 16.8 Å². The van der Waals surface area contributed by atoms with Gasteiger partial charge < -0.3 is 0 Å². The molecule has 0 aliphatic rings. The van der Waals surface area contributed by atoms with E-state index in [1.165, 1.54) is 18.2 Å². The van der Waals surface area contributed by atoms with Gasteiger partial charge in [0.15, 0.2) is 0 Å². The van der Waals surface area contributed by atoms with E-state index in [0.717, 1.165) is 0 Å². The van der Waals surface area contributed by atoms with Crippen molar-refractivity contribution < 1.29 is 16.8 Å². The number of nitrogens with two attached hydrogens (primary N) is 1. The van der Waals surface area contributed by atoms with Crippen molar-refractivity contribution in [3.8, 4) is 0 Å². The minimum atomic E-state index is -3.80. The fourth-order valence-electron chi connectivity index (χ4n) is 1.70. The highest BCUT2D eigenvalue weighted by Crippen LogP contribution is 2.22. The largest absolute Gasteiger partial charge is 0.284 e. The molecule has 0 saturated carbocycles. The van der Waals surface area contributed by atoms with Crippen molar-refractivity contribution in [2.45, 2.75) is 39.0 Å². The highest BCUT2D eigenvalue weighted by molar-refractivity contribution is 7.92. The van der Waals surface area contributed by atoms with Crippen LogP contribution in [0.2, 0.25) is 0 Å². The maximum absolute atomic E-state index is 12.0. The highest BCUT2D eigenvalue weighted by Gasteiger charge is 2.18. The summed E-state index contributed by atoms with van der Waals surface area (Å²) in [5, 5.41) is 5.06. The van der Waals surface area contributed by atoms with Crippen LogP contribution in [0.5, 0.6) is 0 Å². The number of primary sulfonamides is 1. The highest BCUT2D eigenvalue weighted by atomic mass is 32.2. The van der Waals surface area contributed by atoms with E-state index < -0.39 is 20.0 Å². The lowest BCUT2D eigenvalue weighted by atomic mass is 9.94. The molecule has 1 aromatic carbocycles. The zero-order valence-electron chi connectivity index (χ0n) is 12.7. The Hall–Kier alpha value is -1.12. The molecule has 0 saturated heterocycles. The van der Waals surface area contributed by atoms with E-state index in [1.54, 1.807) is 6.92 Å². The maximum atomic E-state index is 12.0. The molecule has 21 heavy (non-hydrogen) atoms. The molecule has 0 unspecified atom stereocenters. The molecule has 120 valence electrons. The van der Waals surface area contributed by atoms with Gasteiger partial charge in [-0.2, -0.15) is 0 Å². The number of nitrogens with one attached hydrogen (secondary N) is 1. The monoisotopic (exact) mass is 334 g/mol. The number of hydrogen-bond acceptors (Lipinski definition) is 4. The fraction of sp³-hybridized carbons (Fsp3) is 0.538.